The van der Waals surface area contributed by atoms with Crippen LogP contribution in [0.5, 0.6) is 11.5 Å². The van der Waals surface area contributed by atoms with Gasteiger partial charge in [-0.15, -0.1) is 0 Å². The number of benzene rings is 1. The van der Waals surface area contributed by atoms with Gasteiger partial charge in [-0.1, -0.05) is 31.2 Å². The van der Waals surface area contributed by atoms with Crippen LogP contribution in [-0.2, 0) is 17.6 Å². The van der Waals surface area contributed by atoms with E-state index >= 15 is 0 Å². The van der Waals surface area contributed by atoms with Gasteiger partial charge in [-0.2, -0.15) is 17.6 Å². The highest BCUT2D eigenvalue weighted by Gasteiger charge is 2.37. The van der Waals surface area contributed by atoms with Gasteiger partial charge in [0.05, 0.1) is 16.6 Å². The Morgan fingerprint density at radius 2 is 1.81 bits per heavy atom. The first kappa shape index (κ1) is 24.3. The summed E-state index contributed by atoms with van der Waals surface area (Å²) in [6, 6.07) is 3.87. The van der Waals surface area contributed by atoms with Crippen LogP contribution in [0.2, 0.25) is 30.8 Å². The Labute approximate surface area is 186 Å². The van der Waals surface area contributed by atoms with Crippen molar-refractivity contribution in [2.75, 3.05) is 12.3 Å². The van der Waals surface area contributed by atoms with Crippen molar-refractivity contribution in [2.24, 2.45) is 0 Å². The van der Waals surface area contributed by atoms with E-state index in [1.165, 1.54) is 0 Å². The number of halogens is 6. The van der Waals surface area contributed by atoms with E-state index in [-0.39, 0.29) is 17.5 Å². The second kappa shape index (κ2) is 8.87. The fraction of sp³-hybridized carbons (Fsp3) is 0.350. The van der Waals surface area contributed by atoms with Crippen LogP contribution in [-0.4, -0.2) is 24.2 Å². The Bertz CT molecular complexity index is 1150. The summed E-state index contributed by atoms with van der Waals surface area (Å²) in [5.41, 5.74) is 3.60. The van der Waals surface area contributed by atoms with E-state index in [1.807, 2.05) is 0 Å². The summed E-state index contributed by atoms with van der Waals surface area (Å²) in [4.78, 5) is 3.98. The Morgan fingerprint density at radius 1 is 1.12 bits per heavy atom. The smallest absolute Gasteiger partial charge is 0.418 e. The van der Waals surface area contributed by atoms with Crippen LogP contribution in [0.4, 0.5) is 27.6 Å². The number of pyridine rings is 1. The van der Waals surface area contributed by atoms with Gasteiger partial charge in [0, 0.05) is 26.9 Å². The molecule has 2 N–H and O–H groups in total. The average Bonchev–Trinajstić information content (AvgIpc) is 3.04. The second-order valence-electron chi connectivity index (χ2n) is 8.38. The molecule has 0 atom stereocenters. The van der Waals surface area contributed by atoms with Gasteiger partial charge >= 0.3 is 6.18 Å². The molecule has 12 heteroatoms. The van der Waals surface area contributed by atoms with E-state index in [1.54, 1.807) is 0 Å². The predicted octanol–water partition coefficient (Wildman–Crippen LogP) is 6.67. The molecule has 0 saturated carbocycles. The fourth-order valence-electron chi connectivity index (χ4n) is 2.90. The summed E-state index contributed by atoms with van der Waals surface area (Å²) < 4.78 is 81.4. The van der Waals surface area contributed by atoms with Crippen molar-refractivity contribution in [3.8, 4) is 11.5 Å². The van der Waals surface area contributed by atoms with Crippen LogP contribution in [0.15, 0.2) is 24.4 Å². The number of nitrogens with two attached hydrogens (primary N) is 1. The number of rotatable bonds is 7. The maximum absolute atomic E-state index is 14.2. The molecule has 5 nitrogen and oxygen atoms in total. The quantitative estimate of drug-likeness (QED) is 0.131. The maximum Gasteiger partial charge on any atom is 0.418 e. The lowest BCUT2D eigenvalue weighted by Crippen LogP contribution is -2.22. The molecule has 0 bridgehead atoms. The lowest BCUT2D eigenvalue weighted by Gasteiger charge is -2.15. The average molecular weight is 494 g/mol. The van der Waals surface area contributed by atoms with Gasteiger partial charge in [0.2, 0.25) is 5.82 Å². The number of nitrogens with zero attached hydrogens (tertiary/aromatic N) is 2. The van der Waals surface area contributed by atoms with E-state index in [0.29, 0.717) is 6.61 Å². The first-order valence-electron chi connectivity index (χ1n) is 9.53. The van der Waals surface area contributed by atoms with Crippen molar-refractivity contribution in [3.63, 3.8) is 0 Å². The third-order valence-corrected chi connectivity index (χ3v) is 6.49. The van der Waals surface area contributed by atoms with Gasteiger partial charge in [-0.05, 0) is 18.2 Å². The number of hydrogen-bond donors (Lipinski definition) is 1. The summed E-state index contributed by atoms with van der Waals surface area (Å²) in [6.07, 6.45) is -3.95. The Hall–Kier alpha value is -2.37. The fourth-order valence-corrected chi connectivity index (χ4v) is 3.84. The molecule has 2 heterocycles. The molecule has 0 aliphatic heterocycles. The number of anilines is 1. The van der Waals surface area contributed by atoms with Crippen molar-refractivity contribution in [1.82, 2.24) is 9.55 Å². The summed E-state index contributed by atoms with van der Waals surface area (Å²) in [5.74, 6) is -3.89. The van der Waals surface area contributed by atoms with Crippen molar-refractivity contribution in [2.45, 2.75) is 38.6 Å². The molecule has 0 unspecified atom stereocenters. The Kier molecular flexibility index (Phi) is 6.73. The number of alkyl halides is 3. The third-order valence-electron chi connectivity index (χ3n) is 4.59. The minimum Gasteiger partial charge on any atom is -0.453 e. The zero-order chi connectivity index (χ0) is 23.8. The van der Waals surface area contributed by atoms with Gasteiger partial charge in [0.25, 0.3) is 0 Å². The molecule has 3 rings (SSSR count). The second-order valence-corrected chi connectivity index (χ2v) is 14.4. The number of fused-ring (bicyclic) bond motifs is 1. The van der Waals surface area contributed by atoms with E-state index in [0.717, 1.165) is 35.0 Å². The van der Waals surface area contributed by atoms with Crippen molar-refractivity contribution < 1.29 is 31.4 Å². The minimum absolute atomic E-state index is 0.163. The SMILES string of the molecule is C[Si](C)(C)CCOCn1cc(C(F)(F)F)c2c(Oc3ccc(N)c(F)c3F)cc(Cl)nc21. The monoisotopic (exact) mass is 493 g/mol. The number of nitrogen functional groups attached to an aromatic ring is 1. The van der Waals surface area contributed by atoms with Crippen LogP contribution < -0.4 is 10.5 Å². The first-order chi connectivity index (χ1) is 14.8. The number of hydrogen-bond acceptors (Lipinski definition) is 4. The summed E-state index contributed by atoms with van der Waals surface area (Å²) in [7, 11) is -1.40. The molecule has 0 spiro atoms. The van der Waals surface area contributed by atoms with E-state index in [9.17, 15) is 22.0 Å². The first-order valence-corrected chi connectivity index (χ1v) is 13.6. The van der Waals surface area contributed by atoms with Crippen LogP contribution in [0, 0.1) is 11.6 Å². The van der Waals surface area contributed by atoms with Crippen LogP contribution in [0.1, 0.15) is 5.56 Å². The highest BCUT2D eigenvalue weighted by molar-refractivity contribution is 6.76. The van der Waals surface area contributed by atoms with Gasteiger partial charge in [0.1, 0.15) is 23.3 Å². The number of aromatic nitrogens is 2. The van der Waals surface area contributed by atoms with Crippen LogP contribution >= 0.6 is 11.6 Å². The predicted molar refractivity (Wildman–Crippen MR) is 115 cm³/mol. The van der Waals surface area contributed by atoms with Gasteiger partial charge in [-0.3, -0.25) is 0 Å². The molecular formula is C20H21ClF5N3O2Si. The van der Waals surface area contributed by atoms with Crippen LogP contribution in [0.25, 0.3) is 11.0 Å². The highest BCUT2D eigenvalue weighted by atomic mass is 35.5. The highest BCUT2D eigenvalue weighted by Crippen LogP contribution is 2.42. The molecule has 0 aliphatic carbocycles. The lowest BCUT2D eigenvalue weighted by atomic mass is 10.2. The zero-order valence-corrected chi connectivity index (χ0v) is 19.2. The minimum atomic E-state index is -4.78. The molecule has 174 valence electrons. The normalized spacial score (nSPS) is 12.5. The van der Waals surface area contributed by atoms with E-state index in [4.69, 9.17) is 26.8 Å². The van der Waals surface area contributed by atoms with Crippen molar-refractivity contribution in [3.05, 3.63) is 46.7 Å². The summed E-state index contributed by atoms with van der Waals surface area (Å²) >= 11 is 5.99. The molecule has 0 saturated heterocycles. The molecule has 32 heavy (non-hydrogen) atoms. The van der Waals surface area contributed by atoms with Gasteiger partial charge < -0.3 is 19.8 Å². The van der Waals surface area contributed by atoms with Crippen molar-refractivity contribution >= 4 is 36.4 Å². The Morgan fingerprint density at radius 3 is 2.44 bits per heavy atom. The summed E-state index contributed by atoms with van der Waals surface area (Å²) in [5, 5.41) is -0.647. The molecule has 1 aromatic carbocycles. The third kappa shape index (κ3) is 5.33. The largest absolute Gasteiger partial charge is 0.453 e. The molecule has 0 amide bonds. The zero-order valence-electron chi connectivity index (χ0n) is 17.5. The van der Waals surface area contributed by atoms with E-state index < -0.39 is 54.0 Å². The molecule has 2 aromatic heterocycles. The van der Waals surface area contributed by atoms with Crippen LogP contribution in [0.3, 0.4) is 0 Å². The number of ether oxygens (including phenoxy) is 2. The molecule has 0 fully saturated rings. The maximum atomic E-state index is 14.2. The molecule has 0 aliphatic rings. The Balaban J connectivity index is 2.06. The van der Waals surface area contributed by atoms with Crippen molar-refractivity contribution in [1.29, 1.82) is 0 Å². The molecule has 3 aromatic rings. The van der Waals surface area contributed by atoms with E-state index in [2.05, 4.69) is 24.6 Å². The molecular weight excluding hydrogens is 473 g/mol. The standard InChI is InChI=1S/C20H21ClF5N3O2Si/c1-32(2,3)7-6-30-10-29-9-11(20(24,25)26)16-14(8-15(21)28-19(16)29)31-13-5-4-12(27)17(22)18(13)23/h4-5,8-9H,6-7,10,27H2,1-3H3. The van der Waals surface area contributed by atoms with Gasteiger partial charge in [0.15, 0.2) is 11.6 Å². The topological polar surface area (TPSA) is 62.3 Å². The molecule has 0 radical (unpaired) electrons. The summed E-state index contributed by atoms with van der Waals surface area (Å²) in [6.45, 7) is 6.61. The lowest BCUT2D eigenvalue weighted by molar-refractivity contribution is -0.136. The van der Waals surface area contributed by atoms with Gasteiger partial charge in [-0.25, -0.2) is 9.37 Å².